The topological polar surface area (TPSA) is 100 Å². The molecule has 1 amide bonds. The molecule has 1 saturated heterocycles. The van der Waals surface area contributed by atoms with Gasteiger partial charge in [0.2, 0.25) is 11.9 Å². The van der Waals surface area contributed by atoms with Crippen molar-refractivity contribution in [3.8, 4) is 11.3 Å². The lowest BCUT2D eigenvalue weighted by Gasteiger charge is -2.27. The Balaban J connectivity index is 1.31. The molecule has 1 aliphatic heterocycles. The monoisotopic (exact) mass is 428 g/mol. The van der Waals surface area contributed by atoms with Gasteiger partial charge >= 0.3 is 0 Å². The van der Waals surface area contributed by atoms with Crippen molar-refractivity contribution in [1.29, 1.82) is 0 Å². The molecule has 1 aliphatic rings. The maximum atomic E-state index is 11.7. The van der Waals surface area contributed by atoms with Crippen LogP contribution in [0.2, 0.25) is 0 Å². The van der Waals surface area contributed by atoms with E-state index in [2.05, 4.69) is 43.6 Å². The molecular formula is C23H24N8O. The van der Waals surface area contributed by atoms with Crippen LogP contribution in [0.5, 0.6) is 0 Å². The van der Waals surface area contributed by atoms with Gasteiger partial charge in [-0.1, -0.05) is 6.07 Å². The van der Waals surface area contributed by atoms with E-state index in [4.69, 9.17) is 0 Å². The van der Waals surface area contributed by atoms with Crippen LogP contribution in [-0.4, -0.2) is 49.9 Å². The van der Waals surface area contributed by atoms with Gasteiger partial charge in [-0.2, -0.15) is 0 Å². The zero-order valence-corrected chi connectivity index (χ0v) is 18.0. The highest BCUT2D eigenvalue weighted by Crippen LogP contribution is 2.23. The van der Waals surface area contributed by atoms with Crippen molar-refractivity contribution in [1.82, 2.24) is 29.7 Å². The number of imidazole rings is 1. The van der Waals surface area contributed by atoms with Crippen LogP contribution in [0.3, 0.4) is 0 Å². The van der Waals surface area contributed by atoms with Crippen molar-refractivity contribution in [3.05, 3.63) is 66.0 Å². The second kappa shape index (κ2) is 8.26. The smallest absolute Gasteiger partial charge is 0.239 e. The zero-order chi connectivity index (χ0) is 22.1. The van der Waals surface area contributed by atoms with Crippen molar-refractivity contribution in [2.75, 3.05) is 29.9 Å². The van der Waals surface area contributed by atoms with E-state index in [0.717, 1.165) is 46.0 Å². The van der Waals surface area contributed by atoms with Gasteiger partial charge in [-0.15, -0.1) is 0 Å². The van der Waals surface area contributed by atoms with E-state index >= 15 is 0 Å². The summed E-state index contributed by atoms with van der Waals surface area (Å²) in [6.07, 6.45) is 7.24. The molecule has 0 spiro atoms. The van der Waals surface area contributed by atoms with E-state index in [-0.39, 0.29) is 5.91 Å². The minimum atomic E-state index is 0.0165. The Labute approximate surface area is 185 Å². The summed E-state index contributed by atoms with van der Waals surface area (Å²) in [6, 6.07) is 8.11. The number of hydrogen-bond donors (Lipinski definition) is 2. The first-order chi connectivity index (χ1) is 15.6. The largest absolute Gasteiger partial charge is 0.353 e. The Bertz CT molecular complexity index is 1300. The first kappa shape index (κ1) is 19.9. The summed E-state index contributed by atoms with van der Waals surface area (Å²) in [5.74, 6) is 1.50. The molecule has 9 heteroatoms. The van der Waals surface area contributed by atoms with E-state index < -0.39 is 0 Å². The van der Waals surface area contributed by atoms with Gasteiger partial charge in [-0.25, -0.2) is 9.97 Å². The van der Waals surface area contributed by atoms with Crippen LogP contribution in [0.1, 0.15) is 16.8 Å². The maximum Gasteiger partial charge on any atom is 0.239 e. The van der Waals surface area contributed by atoms with Crippen LogP contribution >= 0.6 is 0 Å². The lowest BCUT2D eigenvalue weighted by atomic mass is 10.1. The van der Waals surface area contributed by atoms with Crippen molar-refractivity contribution in [2.45, 2.75) is 20.4 Å². The fourth-order valence-corrected chi connectivity index (χ4v) is 3.93. The molecule has 0 saturated carbocycles. The summed E-state index contributed by atoms with van der Waals surface area (Å²) in [5, 5.41) is 6.20. The molecule has 0 bridgehead atoms. The fourth-order valence-electron chi connectivity index (χ4n) is 3.93. The van der Waals surface area contributed by atoms with Crippen molar-refractivity contribution in [2.24, 2.45) is 0 Å². The molecule has 9 nitrogen and oxygen atoms in total. The number of aryl methyl sites for hydroxylation is 2. The molecule has 4 aromatic rings. The predicted octanol–water partition coefficient (Wildman–Crippen LogP) is 2.35. The Kier molecular flexibility index (Phi) is 5.14. The number of aromatic nitrogens is 5. The average Bonchev–Trinajstić information content (AvgIpc) is 3.20. The van der Waals surface area contributed by atoms with Crippen LogP contribution in [0, 0.1) is 13.8 Å². The van der Waals surface area contributed by atoms with Gasteiger partial charge in [-0.3, -0.25) is 19.2 Å². The number of carbonyl (C=O) groups excluding carboxylic acids is 1. The van der Waals surface area contributed by atoms with Crippen LogP contribution in [0.15, 0.2) is 49.2 Å². The van der Waals surface area contributed by atoms with Gasteiger partial charge in [0.25, 0.3) is 0 Å². The molecule has 0 aliphatic carbocycles. The summed E-state index contributed by atoms with van der Waals surface area (Å²) in [7, 11) is 0. The number of anilines is 2. The van der Waals surface area contributed by atoms with Gasteiger partial charge < -0.3 is 15.5 Å². The number of pyridine rings is 2. The highest BCUT2D eigenvalue weighted by Gasteiger charge is 2.18. The number of fused-ring (bicyclic) bond motifs is 1. The second-order valence-electron chi connectivity index (χ2n) is 7.94. The van der Waals surface area contributed by atoms with Gasteiger partial charge in [0.05, 0.1) is 24.0 Å². The molecular weight excluding hydrogens is 404 g/mol. The molecule has 5 rings (SSSR count). The molecule has 1 fully saturated rings. The van der Waals surface area contributed by atoms with Gasteiger partial charge in [0.15, 0.2) is 0 Å². The highest BCUT2D eigenvalue weighted by molar-refractivity contribution is 5.82. The number of nitrogens with zero attached hydrogens (tertiary/aromatic N) is 6. The first-order valence-corrected chi connectivity index (χ1v) is 10.5. The Morgan fingerprint density at radius 1 is 1.09 bits per heavy atom. The summed E-state index contributed by atoms with van der Waals surface area (Å²) < 4.78 is 1.90. The van der Waals surface area contributed by atoms with Crippen molar-refractivity contribution < 1.29 is 4.79 Å². The maximum absolute atomic E-state index is 11.7. The minimum Gasteiger partial charge on any atom is -0.353 e. The lowest BCUT2D eigenvalue weighted by Crippen LogP contribution is -2.48. The quantitative estimate of drug-likeness (QED) is 0.503. The molecule has 0 atom stereocenters. The molecule has 4 aromatic heterocycles. The Morgan fingerprint density at radius 2 is 2.00 bits per heavy atom. The molecule has 2 N–H and O–H groups in total. The third-order valence-electron chi connectivity index (χ3n) is 5.53. The Morgan fingerprint density at radius 3 is 2.81 bits per heavy atom. The van der Waals surface area contributed by atoms with Crippen LogP contribution < -0.4 is 15.5 Å². The number of amides is 1. The average molecular weight is 429 g/mol. The number of piperazine rings is 1. The van der Waals surface area contributed by atoms with Crippen molar-refractivity contribution in [3.63, 3.8) is 0 Å². The molecule has 0 aromatic carbocycles. The van der Waals surface area contributed by atoms with E-state index in [1.54, 1.807) is 12.5 Å². The molecule has 0 unspecified atom stereocenters. The minimum absolute atomic E-state index is 0.0165. The lowest BCUT2D eigenvalue weighted by molar-refractivity contribution is -0.120. The number of rotatable bonds is 5. The van der Waals surface area contributed by atoms with Crippen LogP contribution in [0.4, 0.5) is 11.8 Å². The number of carbonyl (C=O) groups is 1. The first-order valence-electron chi connectivity index (χ1n) is 10.5. The normalized spacial score (nSPS) is 13.9. The van der Waals surface area contributed by atoms with Crippen molar-refractivity contribution >= 4 is 23.2 Å². The predicted molar refractivity (Wildman–Crippen MR) is 122 cm³/mol. The van der Waals surface area contributed by atoms with E-state index in [1.165, 1.54) is 0 Å². The third kappa shape index (κ3) is 3.96. The third-order valence-corrected chi connectivity index (χ3v) is 5.53. The van der Waals surface area contributed by atoms with E-state index in [9.17, 15) is 4.79 Å². The SMILES string of the molecule is Cc1cc(-c2ncc(CNc3ncc4cc(N5CCNC(=O)C5)ncn34)cc2C)ccn1. The molecule has 32 heavy (non-hydrogen) atoms. The highest BCUT2D eigenvalue weighted by atomic mass is 16.2. The molecule has 5 heterocycles. The summed E-state index contributed by atoms with van der Waals surface area (Å²) in [6.45, 7) is 6.34. The van der Waals surface area contributed by atoms with E-state index in [0.29, 0.717) is 25.6 Å². The second-order valence-corrected chi connectivity index (χ2v) is 7.94. The number of nitrogens with one attached hydrogen (secondary N) is 2. The summed E-state index contributed by atoms with van der Waals surface area (Å²) >= 11 is 0. The van der Waals surface area contributed by atoms with Gasteiger partial charge in [0, 0.05) is 49.4 Å². The summed E-state index contributed by atoms with van der Waals surface area (Å²) in [4.78, 5) is 31.6. The molecule has 0 radical (unpaired) electrons. The van der Waals surface area contributed by atoms with Gasteiger partial charge in [0.1, 0.15) is 12.1 Å². The van der Waals surface area contributed by atoms with Gasteiger partial charge in [-0.05, 0) is 37.1 Å². The molecule has 162 valence electrons. The fraction of sp³-hybridized carbons (Fsp3) is 0.261. The standard InChI is InChI=1S/C23H24N8O/c1-15-7-17(10-26-22(15)18-3-4-24-16(2)8-18)11-27-23-28-12-19-9-20(29-14-31(19)23)30-6-5-25-21(32)13-30/h3-4,7-10,12,14H,5-6,11,13H2,1-2H3,(H,25,32)(H,27,28). The summed E-state index contributed by atoms with van der Waals surface area (Å²) in [5.41, 5.74) is 6.11. The van der Waals surface area contributed by atoms with Crippen LogP contribution in [-0.2, 0) is 11.3 Å². The number of hydrogen-bond acceptors (Lipinski definition) is 7. The van der Waals surface area contributed by atoms with Crippen LogP contribution in [0.25, 0.3) is 16.8 Å². The zero-order valence-electron chi connectivity index (χ0n) is 18.0. The Hall–Kier alpha value is -4.01. The van der Waals surface area contributed by atoms with E-state index in [1.807, 2.05) is 46.8 Å².